The summed E-state index contributed by atoms with van der Waals surface area (Å²) < 4.78 is 20.2. The minimum atomic E-state index is -3.54. The van der Waals surface area contributed by atoms with Crippen molar-refractivity contribution in [2.24, 2.45) is 0 Å². The maximum Gasteiger partial charge on any atom is 0.537 e. The second kappa shape index (κ2) is 34.4. The maximum absolute atomic E-state index is 6.73. The Bertz CT molecular complexity index is 5350. The van der Waals surface area contributed by atoms with Crippen molar-refractivity contribution in [1.82, 2.24) is 0 Å². The molecule has 0 amide bonds. The Labute approximate surface area is 689 Å². The van der Waals surface area contributed by atoms with Crippen LogP contribution in [0.15, 0.2) is 467 Å². The lowest BCUT2D eigenvalue weighted by molar-refractivity contribution is 0.0859. The van der Waals surface area contributed by atoms with Crippen LogP contribution in [0.3, 0.4) is 0 Å². The number of rotatable bonds is 27. The van der Waals surface area contributed by atoms with Crippen LogP contribution >= 0.6 is 0 Å². The van der Waals surface area contributed by atoms with Crippen molar-refractivity contribution in [1.29, 1.82) is 0 Å². The predicted octanol–water partition coefficient (Wildman–Crippen LogP) is 14.1. The molecule has 0 saturated heterocycles. The van der Waals surface area contributed by atoms with Crippen LogP contribution in [0.1, 0.15) is 20.8 Å². The van der Waals surface area contributed by atoms with E-state index in [-0.39, 0.29) is 0 Å². The van der Waals surface area contributed by atoms with Crippen molar-refractivity contribution in [3.05, 3.63) is 467 Å². The predicted molar refractivity (Wildman–Crippen MR) is 503 cm³/mol. The molecule has 0 aliphatic rings. The first-order chi connectivity index (χ1) is 57.4. The fourth-order valence-electron chi connectivity index (χ4n) is 18.8. The third-order valence-corrected chi connectivity index (χ3v) is 45.8. The Hall–Kier alpha value is -12.3. The van der Waals surface area contributed by atoms with E-state index in [2.05, 4.69) is 467 Å². The van der Waals surface area contributed by atoms with Crippen LogP contribution < -0.4 is 88.2 Å². The van der Waals surface area contributed by atoms with Crippen LogP contribution in [0.4, 0.5) is 0 Å². The molecule has 0 aliphatic heterocycles. The fourth-order valence-corrected chi connectivity index (χ4v) is 41.7. The highest BCUT2D eigenvalue weighted by atomic mass is 28.4. The van der Waals surface area contributed by atoms with E-state index in [4.69, 9.17) is 13.3 Å². The number of benzene rings is 17. The van der Waals surface area contributed by atoms with Crippen molar-refractivity contribution in [3.8, 4) is 44.5 Å². The topological polar surface area (TPSA) is 27.7 Å². The van der Waals surface area contributed by atoms with E-state index in [1.54, 1.807) is 0 Å². The average molecular weight is 1580 g/mol. The standard InChI is InChI=1S/C108H92O3Si5/c1-4-109-116(110-5-2,111-6-3)102-78-76-87(77-79-102)108-105(114(96-60-34-14-35-61-96,97-62-36-15-37-63-97)98-64-38-16-39-65-98)82-89(83-106(108)115(99-66-40-17-41-67-99,100-68-42-18-43-69-100)101-70-44-19-45-71-101)85-74-72-84(73-75-85)88-80-103(112(90-48-22-8-23-49-90,91-50-24-9-25-51-91)92-52-26-10-27-53-92)107(86-46-20-7-21-47-86)104(81-88)113(93-54-28-11-29-55-93,94-56-30-12-31-57-94)95-58-32-13-33-59-95/h7-83H,4-6H2,1-3H3. The van der Waals surface area contributed by atoms with Gasteiger partial charge >= 0.3 is 8.80 Å². The lowest BCUT2D eigenvalue weighted by atomic mass is 9.96. The summed E-state index contributed by atoms with van der Waals surface area (Å²) in [6.45, 7) is 7.45. The lowest BCUT2D eigenvalue weighted by Gasteiger charge is -2.41. The molecule has 0 spiro atoms. The van der Waals surface area contributed by atoms with E-state index in [1.165, 1.54) is 99.7 Å². The summed E-state index contributed by atoms with van der Waals surface area (Å²) in [5, 5.41) is 21.7. The van der Waals surface area contributed by atoms with Gasteiger partial charge in [-0.25, -0.2) is 0 Å². The average Bonchev–Trinajstić information content (AvgIpc) is 0.702. The molecule has 17 aromatic carbocycles. The zero-order chi connectivity index (χ0) is 78.6. The van der Waals surface area contributed by atoms with Gasteiger partial charge < -0.3 is 13.3 Å². The highest BCUT2D eigenvalue weighted by molar-refractivity contribution is 7.24. The minimum Gasteiger partial charge on any atom is -0.370 e. The normalized spacial score (nSPS) is 12.0. The van der Waals surface area contributed by atoms with Crippen LogP contribution in [0.5, 0.6) is 0 Å². The second-order valence-electron chi connectivity index (χ2n) is 29.7. The largest absolute Gasteiger partial charge is 0.537 e. The van der Waals surface area contributed by atoms with E-state index < -0.39 is 41.1 Å². The minimum absolute atomic E-state index is 0.448. The van der Waals surface area contributed by atoms with Crippen molar-refractivity contribution >= 4 is 129 Å². The van der Waals surface area contributed by atoms with Crippen LogP contribution in [0.2, 0.25) is 0 Å². The van der Waals surface area contributed by atoms with Gasteiger partial charge in [0.2, 0.25) is 0 Å². The van der Waals surface area contributed by atoms with Gasteiger partial charge in [-0.15, -0.1) is 0 Å². The molecule has 116 heavy (non-hydrogen) atoms. The van der Waals surface area contributed by atoms with Crippen LogP contribution in [-0.2, 0) is 13.3 Å². The third-order valence-electron chi connectivity index (χ3n) is 23.5. The van der Waals surface area contributed by atoms with Crippen LogP contribution in [-0.4, -0.2) is 60.9 Å². The molecule has 562 valence electrons. The molecule has 17 aromatic rings. The zero-order valence-corrected chi connectivity index (χ0v) is 70.8. The van der Waals surface area contributed by atoms with Gasteiger partial charge in [-0.05, 0) is 148 Å². The van der Waals surface area contributed by atoms with Crippen LogP contribution in [0.25, 0.3) is 44.5 Å². The van der Waals surface area contributed by atoms with Crippen molar-refractivity contribution in [3.63, 3.8) is 0 Å². The summed E-state index contributed by atoms with van der Waals surface area (Å²) in [6, 6.07) is 179. The first-order valence-corrected chi connectivity index (χ1v) is 50.4. The summed E-state index contributed by atoms with van der Waals surface area (Å²) >= 11 is 0. The highest BCUT2D eigenvalue weighted by Gasteiger charge is 2.52. The second-order valence-corrected chi connectivity index (χ2v) is 47.3. The summed E-state index contributed by atoms with van der Waals surface area (Å²) in [4.78, 5) is 0. The molecular weight excluding hydrogens is 1490 g/mol. The molecule has 0 aromatic heterocycles. The Morgan fingerprint density at radius 1 is 0.155 bits per heavy atom. The Balaban J connectivity index is 1.04. The molecule has 0 unspecified atom stereocenters. The maximum atomic E-state index is 6.73. The number of hydrogen-bond acceptors (Lipinski definition) is 3. The van der Waals surface area contributed by atoms with Crippen molar-refractivity contribution < 1.29 is 13.3 Å². The smallest absolute Gasteiger partial charge is 0.370 e. The Kier molecular flexibility index (Phi) is 22.6. The first kappa shape index (κ1) is 76.3. The van der Waals surface area contributed by atoms with E-state index in [0.29, 0.717) is 19.8 Å². The summed E-state index contributed by atoms with van der Waals surface area (Å²) in [5.74, 6) is 0. The molecule has 0 N–H and O–H groups in total. The summed E-state index contributed by atoms with van der Waals surface area (Å²) in [7, 11) is -17.4. The fraction of sp³-hybridized carbons (Fsp3) is 0.0556. The Morgan fingerprint density at radius 2 is 0.310 bits per heavy atom. The molecule has 0 saturated carbocycles. The van der Waals surface area contributed by atoms with E-state index in [9.17, 15) is 0 Å². The van der Waals surface area contributed by atoms with Crippen molar-refractivity contribution in [2.75, 3.05) is 19.8 Å². The quantitative estimate of drug-likeness (QED) is 0.0379. The highest BCUT2D eigenvalue weighted by Crippen LogP contribution is 2.34. The molecular formula is C108H92O3Si5. The van der Waals surface area contributed by atoms with Gasteiger partial charge in [-0.3, -0.25) is 0 Å². The van der Waals surface area contributed by atoms with Gasteiger partial charge in [0, 0.05) is 25.0 Å². The molecule has 0 radical (unpaired) electrons. The molecule has 0 bridgehead atoms. The van der Waals surface area contributed by atoms with Crippen molar-refractivity contribution in [2.45, 2.75) is 20.8 Å². The van der Waals surface area contributed by atoms with Gasteiger partial charge in [0.25, 0.3) is 0 Å². The van der Waals surface area contributed by atoms with Gasteiger partial charge in [0.05, 0.1) is 0 Å². The molecule has 0 atom stereocenters. The molecule has 0 aliphatic carbocycles. The lowest BCUT2D eigenvalue weighted by Crippen LogP contribution is -2.78. The van der Waals surface area contributed by atoms with Gasteiger partial charge in [0.15, 0.2) is 32.3 Å². The molecule has 3 nitrogen and oxygen atoms in total. The van der Waals surface area contributed by atoms with Gasteiger partial charge in [0.1, 0.15) is 0 Å². The zero-order valence-electron chi connectivity index (χ0n) is 65.8. The van der Waals surface area contributed by atoms with E-state index in [0.717, 1.165) is 33.0 Å². The molecule has 8 heteroatoms. The Morgan fingerprint density at radius 3 is 0.483 bits per heavy atom. The van der Waals surface area contributed by atoms with Gasteiger partial charge in [-0.2, -0.15) is 0 Å². The SMILES string of the molecule is CCO[Si](OCC)(OCC)c1ccc(-c2c([Si](c3ccccc3)(c3ccccc3)c3ccccc3)cc(-c3ccc(-c4cc([Si](c5ccccc5)(c5ccccc5)c5ccccc5)c(-c5ccccc5)c([Si](c5ccccc5)(c5ccccc5)c5ccccc5)c4)cc3)cc2[Si](c2ccccc2)(c2ccccc2)c2ccccc2)cc1. The van der Waals surface area contributed by atoms with E-state index in [1.807, 2.05) is 20.8 Å². The van der Waals surface area contributed by atoms with Crippen LogP contribution in [0, 0.1) is 0 Å². The first-order valence-electron chi connectivity index (χ1n) is 40.6. The monoisotopic (exact) mass is 1580 g/mol. The molecule has 0 heterocycles. The third kappa shape index (κ3) is 13.8. The van der Waals surface area contributed by atoms with Gasteiger partial charge in [-0.1, -0.05) is 467 Å². The summed E-state index contributed by atoms with van der Waals surface area (Å²) in [6.07, 6.45) is 0. The molecule has 17 rings (SSSR count). The molecule has 0 fully saturated rings. The van der Waals surface area contributed by atoms with E-state index >= 15 is 0 Å². The summed E-state index contributed by atoms with van der Waals surface area (Å²) in [5.41, 5.74) is 9.28. The number of hydrogen-bond donors (Lipinski definition) is 0.